The Labute approximate surface area is 122 Å². The van der Waals surface area contributed by atoms with E-state index >= 15 is 0 Å². The minimum Gasteiger partial charge on any atom is -0.478 e. The second kappa shape index (κ2) is 5.95. The van der Waals surface area contributed by atoms with Gasteiger partial charge >= 0.3 is 5.97 Å². The van der Waals surface area contributed by atoms with Crippen LogP contribution in [0.2, 0.25) is 5.02 Å². The van der Waals surface area contributed by atoms with Crippen molar-refractivity contribution in [2.45, 2.75) is 17.7 Å². The Bertz CT molecular complexity index is 650. The van der Waals surface area contributed by atoms with Crippen LogP contribution in [0.3, 0.4) is 0 Å². The molecule has 0 aromatic heterocycles. The van der Waals surface area contributed by atoms with Crippen molar-refractivity contribution in [1.29, 1.82) is 0 Å². The van der Waals surface area contributed by atoms with Crippen molar-refractivity contribution in [2.24, 2.45) is 5.92 Å². The zero-order valence-corrected chi connectivity index (χ0v) is 12.1. The molecule has 1 saturated carbocycles. The average Bonchev–Trinajstić information content (AvgIpc) is 3.18. The van der Waals surface area contributed by atoms with Crippen LogP contribution in [0.5, 0.6) is 0 Å². The lowest BCUT2D eigenvalue weighted by Crippen LogP contribution is -2.26. The molecule has 7 heteroatoms. The number of hydrogen-bond donors (Lipinski definition) is 2. The van der Waals surface area contributed by atoms with E-state index < -0.39 is 16.0 Å². The van der Waals surface area contributed by atoms with Gasteiger partial charge in [-0.05, 0) is 42.5 Å². The predicted molar refractivity (Wildman–Crippen MR) is 76.0 cm³/mol. The monoisotopic (exact) mass is 315 g/mol. The molecule has 108 valence electrons. The molecule has 0 heterocycles. The molecule has 0 radical (unpaired) electrons. The second-order valence-corrected chi connectivity index (χ2v) is 6.80. The molecule has 0 atom stereocenters. The summed E-state index contributed by atoms with van der Waals surface area (Å²) in [5.41, 5.74) is 0.526. The number of hydrogen-bond acceptors (Lipinski definition) is 3. The smallest absolute Gasteiger partial charge is 0.328 e. The van der Waals surface area contributed by atoms with E-state index in [0.29, 0.717) is 18.0 Å². The van der Waals surface area contributed by atoms with Crippen LogP contribution in [0, 0.1) is 5.92 Å². The number of halogens is 1. The molecule has 1 aromatic rings. The second-order valence-electron chi connectivity index (χ2n) is 4.66. The summed E-state index contributed by atoms with van der Waals surface area (Å²) in [5.74, 6) is -0.648. The Hall–Kier alpha value is -1.37. The van der Waals surface area contributed by atoms with E-state index in [1.807, 2.05) is 0 Å². The van der Waals surface area contributed by atoms with Gasteiger partial charge in [-0.25, -0.2) is 17.9 Å². The molecule has 1 aromatic carbocycles. The molecule has 1 aliphatic carbocycles. The van der Waals surface area contributed by atoms with E-state index in [2.05, 4.69) is 4.72 Å². The average molecular weight is 316 g/mol. The third-order valence-electron chi connectivity index (χ3n) is 2.92. The predicted octanol–water partition coefficient (Wildman–Crippen LogP) is 2.13. The van der Waals surface area contributed by atoms with Crippen LogP contribution in [0.4, 0.5) is 0 Å². The Balaban J connectivity index is 2.17. The van der Waals surface area contributed by atoms with Crippen LogP contribution >= 0.6 is 11.6 Å². The number of carboxylic acid groups (broad SMARTS) is 1. The lowest BCUT2D eigenvalue weighted by atomic mass is 10.2. The zero-order chi connectivity index (χ0) is 14.8. The molecule has 2 rings (SSSR count). The van der Waals surface area contributed by atoms with Crippen molar-refractivity contribution in [3.63, 3.8) is 0 Å². The van der Waals surface area contributed by atoms with Crippen LogP contribution in [0.1, 0.15) is 18.4 Å². The van der Waals surface area contributed by atoms with Gasteiger partial charge in [0.2, 0.25) is 10.0 Å². The summed E-state index contributed by atoms with van der Waals surface area (Å²) in [5, 5.41) is 8.60. The molecule has 2 N–H and O–H groups in total. The fourth-order valence-electron chi connectivity index (χ4n) is 1.63. The molecule has 0 unspecified atom stereocenters. The molecule has 5 nitrogen and oxygen atoms in total. The molecule has 0 bridgehead atoms. The minimum atomic E-state index is -3.62. The van der Waals surface area contributed by atoms with Gasteiger partial charge in [0.05, 0.1) is 5.02 Å². The van der Waals surface area contributed by atoms with Crippen LogP contribution in [0.15, 0.2) is 29.2 Å². The van der Waals surface area contributed by atoms with Gasteiger partial charge in [-0.3, -0.25) is 0 Å². The molecule has 1 fully saturated rings. The van der Waals surface area contributed by atoms with E-state index in [1.165, 1.54) is 24.3 Å². The van der Waals surface area contributed by atoms with E-state index in [-0.39, 0.29) is 9.92 Å². The molecule has 0 aliphatic heterocycles. The van der Waals surface area contributed by atoms with Gasteiger partial charge in [-0.1, -0.05) is 17.7 Å². The molecule has 0 amide bonds. The highest BCUT2D eigenvalue weighted by atomic mass is 35.5. The van der Waals surface area contributed by atoms with Crippen LogP contribution in [0.25, 0.3) is 6.08 Å². The van der Waals surface area contributed by atoms with Gasteiger partial charge in [0.1, 0.15) is 4.90 Å². The van der Waals surface area contributed by atoms with Gasteiger partial charge in [0.25, 0.3) is 0 Å². The third-order valence-corrected chi connectivity index (χ3v) is 4.83. The fraction of sp³-hybridized carbons (Fsp3) is 0.308. The van der Waals surface area contributed by atoms with Crippen molar-refractivity contribution in [3.8, 4) is 0 Å². The van der Waals surface area contributed by atoms with E-state index in [0.717, 1.165) is 18.9 Å². The Kier molecular flexibility index (Phi) is 4.47. The van der Waals surface area contributed by atoms with Gasteiger partial charge in [0.15, 0.2) is 0 Å². The first-order valence-corrected chi connectivity index (χ1v) is 7.95. The SMILES string of the molecule is O=C(O)C=Cc1ccc(S(=O)(=O)NCC2CC2)c(Cl)c1. The number of carboxylic acids is 1. The number of carbonyl (C=O) groups is 1. The number of aliphatic carboxylic acids is 1. The van der Waals surface area contributed by atoms with Crippen molar-refractivity contribution >= 4 is 33.7 Å². The lowest BCUT2D eigenvalue weighted by molar-refractivity contribution is -0.131. The Morgan fingerprint density at radius 1 is 1.45 bits per heavy atom. The van der Waals surface area contributed by atoms with Crippen molar-refractivity contribution < 1.29 is 18.3 Å². The van der Waals surface area contributed by atoms with Gasteiger partial charge < -0.3 is 5.11 Å². The summed E-state index contributed by atoms with van der Waals surface area (Å²) in [6.07, 6.45) is 4.41. The van der Waals surface area contributed by atoms with Crippen molar-refractivity contribution in [1.82, 2.24) is 4.72 Å². The zero-order valence-electron chi connectivity index (χ0n) is 10.5. The summed E-state index contributed by atoms with van der Waals surface area (Å²) in [6, 6.07) is 4.31. The molecule has 0 spiro atoms. The maximum absolute atomic E-state index is 12.1. The number of benzene rings is 1. The highest BCUT2D eigenvalue weighted by Crippen LogP contribution is 2.29. The topological polar surface area (TPSA) is 83.5 Å². The maximum atomic E-state index is 12.1. The number of sulfonamides is 1. The lowest BCUT2D eigenvalue weighted by Gasteiger charge is -2.08. The van der Waals surface area contributed by atoms with Crippen molar-refractivity contribution in [2.75, 3.05) is 6.54 Å². The molecule has 20 heavy (non-hydrogen) atoms. The van der Waals surface area contributed by atoms with E-state index in [4.69, 9.17) is 16.7 Å². The minimum absolute atomic E-state index is 0.00675. The quantitative estimate of drug-likeness (QED) is 0.788. The highest BCUT2D eigenvalue weighted by molar-refractivity contribution is 7.89. The summed E-state index contributed by atoms with van der Waals surface area (Å²) in [4.78, 5) is 10.4. The third kappa shape index (κ3) is 4.06. The highest BCUT2D eigenvalue weighted by Gasteiger charge is 2.25. The Morgan fingerprint density at radius 2 is 2.15 bits per heavy atom. The van der Waals surface area contributed by atoms with E-state index in [9.17, 15) is 13.2 Å². The molecular weight excluding hydrogens is 302 g/mol. The first-order chi connectivity index (χ1) is 9.38. The van der Waals surface area contributed by atoms with Crippen LogP contribution < -0.4 is 4.72 Å². The first-order valence-electron chi connectivity index (χ1n) is 6.09. The van der Waals surface area contributed by atoms with Gasteiger partial charge in [0, 0.05) is 12.6 Å². The fourth-order valence-corrected chi connectivity index (χ4v) is 3.30. The summed E-state index contributed by atoms with van der Waals surface area (Å²) in [7, 11) is -3.62. The number of rotatable bonds is 6. The molecule has 0 saturated heterocycles. The Morgan fingerprint density at radius 3 is 2.70 bits per heavy atom. The number of nitrogens with one attached hydrogen (secondary N) is 1. The summed E-state index contributed by atoms with van der Waals surface area (Å²) in [6.45, 7) is 0.430. The normalized spacial score (nSPS) is 15.7. The summed E-state index contributed by atoms with van der Waals surface area (Å²) >= 11 is 5.96. The van der Waals surface area contributed by atoms with Gasteiger partial charge in [-0.2, -0.15) is 0 Å². The maximum Gasteiger partial charge on any atom is 0.328 e. The molecule has 1 aliphatic rings. The largest absolute Gasteiger partial charge is 0.478 e. The molecular formula is C13H14ClNO4S. The standard InChI is InChI=1S/C13H14ClNO4S/c14-11-7-9(4-6-13(16)17)3-5-12(11)20(18,19)15-8-10-1-2-10/h3-7,10,15H,1-2,8H2,(H,16,17). The van der Waals surface area contributed by atoms with Crippen LogP contribution in [-0.4, -0.2) is 26.0 Å². The summed E-state index contributed by atoms with van der Waals surface area (Å²) < 4.78 is 26.6. The van der Waals surface area contributed by atoms with Gasteiger partial charge in [-0.15, -0.1) is 0 Å². The van der Waals surface area contributed by atoms with E-state index in [1.54, 1.807) is 0 Å². The first kappa shape index (κ1) is 15.0. The van der Waals surface area contributed by atoms with Crippen LogP contribution in [-0.2, 0) is 14.8 Å². The van der Waals surface area contributed by atoms with Crippen molar-refractivity contribution in [3.05, 3.63) is 34.9 Å².